The van der Waals surface area contributed by atoms with Gasteiger partial charge in [0.2, 0.25) is 0 Å². The van der Waals surface area contributed by atoms with Crippen LogP contribution in [0.25, 0.3) is 10.9 Å². The van der Waals surface area contributed by atoms with Gasteiger partial charge >= 0.3 is 0 Å². The van der Waals surface area contributed by atoms with Gasteiger partial charge in [0.05, 0.1) is 17.1 Å². The van der Waals surface area contributed by atoms with Crippen molar-refractivity contribution in [1.82, 2.24) is 24.6 Å². The minimum Gasteiger partial charge on any atom is -0.361 e. The van der Waals surface area contributed by atoms with E-state index in [0.717, 1.165) is 29.1 Å². The number of nitrogens with zero attached hydrogens (tertiary/aromatic N) is 4. The van der Waals surface area contributed by atoms with Gasteiger partial charge in [-0.3, -0.25) is 4.79 Å². The molecule has 0 saturated heterocycles. The first kappa shape index (κ1) is 14.9. The monoisotopic (exact) mass is 323 g/mol. The van der Waals surface area contributed by atoms with E-state index in [9.17, 15) is 4.79 Å². The van der Waals surface area contributed by atoms with Gasteiger partial charge in [-0.1, -0.05) is 26.0 Å². The first-order valence-corrected chi connectivity index (χ1v) is 8.38. The summed E-state index contributed by atoms with van der Waals surface area (Å²) in [4.78, 5) is 18.2. The molecule has 0 spiro atoms. The summed E-state index contributed by atoms with van der Waals surface area (Å²) in [5, 5.41) is 9.73. The summed E-state index contributed by atoms with van der Waals surface area (Å²) in [7, 11) is 0. The lowest BCUT2D eigenvalue weighted by Gasteiger charge is -2.34. The van der Waals surface area contributed by atoms with E-state index in [0.29, 0.717) is 18.0 Å². The zero-order valence-electron chi connectivity index (χ0n) is 14.2. The second kappa shape index (κ2) is 5.47. The van der Waals surface area contributed by atoms with Crippen LogP contribution in [-0.2, 0) is 6.54 Å². The number of carbonyl (C=O) groups is 1. The molecule has 2 aromatic heterocycles. The van der Waals surface area contributed by atoms with Crippen LogP contribution in [0.3, 0.4) is 0 Å². The second-order valence-corrected chi connectivity index (χ2v) is 6.64. The standard InChI is InChI=1S/C18H21N5O/c1-11(2)16-20-21-17-12(3)22(9-10-23(16)17)18(24)14-6-4-5-13-7-8-19-15(13)14/h4-8,11-12,19H,9-10H2,1-3H3. The highest BCUT2D eigenvalue weighted by Gasteiger charge is 2.32. The van der Waals surface area contributed by atoms with Gasteiger partial charge in [0.1, 0.15) is 5.82 Å². The van der Waals surface area contributed by atoms with Crippen LogP contribution < -0.4 is 0 Å². The third-order valence-electron chi connectivity index (χ3n) is 4.81. The predicted molar refractivity (Wildman–Crippen MR) is 91.9 cm³/mol. The Kier molecular flexibility index (Phi) is 3.40. The van der Waals surface area contributed by atoms with Crippen LogP contribution in [0.4, 0.5) is 0 Å². The smallest absolute Gasteiger partial charge is 0.256 e. The fourth-order valence-corrected chi connectivity index (χ4v) is 3.53. The molecule has 0 fully saturated rings. The number of benzene rings is 1. The molecule has 3 aromatic rings. The number of aromatic amines is 1. The molecule has 6 nitrogen and oxygen atoms in total. The van der Waals surface area contributed by atoms with Crippen LogP contribution in [0.5, 0.6) is 0 Å². The number of carbonyl (C=O) groups excluding carboxylic acids is 1. The highest BCUT2D eigenvalue weighted by atomic mass is 16.2. The second-order valence-electron chi connectivity index (χ2n) is 6.64. The molecule has 6 heteroatoms. The topological polar surface area (TPSA) is 66.8 Å². The average Bonchev–Trinajstić information content (AvgIpc) is 3.21. The number of hydrogen-bond donors (Lipinski definition) is 1. The molecule has 3 heterocycles. The average molecular weight is 323 g/mol. The summed E-state index contributed by atoms with van der Waals surface area (Å²) in [6.45, 7) is 7.67. The number of nitrogens with one attached hydrogen (secondary N) is 1. The third-order valence-corrected chi connectivity index (χ3v) is 4.81. The fraction of sp³-hybridized carbons (Fsp3) is 0.389. The van der Waals surface area contributed by atoms with E-state index >= 15 is 0 Å². The lowest BCUT2D eigenvalue weighted by atomic mass is 10.1. The molecule has 4 rings (SSSR count). The fourth-order valence-electron chi connectivity index (χ4n) is 3.53. The Hall–Kier alpha value is -2.63. The Morgan fingerprint density at radius 2 is 2.08 bits per heavy atom. The minimum atomic E-state index is -0.0866. The number of H-pyrrole nitrogens is 1. The largest absolute Gasteiger partial charge is 0.361 e. The van der Waals surface area contributed by atoms with Gasteiger partial charge in [0, 0.05) is 30.6 Å². The Bertz CT molecular complexity index is 907. The van der Waals surface area contributed by atoms with Crippen LogP contribution in [0.15, 0.2) is 30.5 Å². The number of fused-ring (bicyclic) bond motifs is 2. The maximum Gasteiger partial charge on any atom is 0.256 e. The maximum absolute atomic E-state index is 13.1. The van der Waals surface area contributed by atoms with Crippen molar-refractivity contribution >= 4 is 16.8 Å². The molecule has 1 amide bonds. The van der Waals surface area contributed by atoms with Crippen molar-refractivity contribution in [3.63, 3.8) is 0 Å². The van der Waals surface area contributed by atoms with E-state index < -0.39 is 0 Å². The van der Waals surface area contributed by atoms with E-state index in [2.05, 4.69) is 33.6 Å². The molecule has 1 atom stereocenters. The highest BCUT2D eigenvalue weighted by molar-refractivity contribution is 6.05. The van der Waals surface area contributed by atoms with Crippen LogP contribution in [-0.4, -0.2) is 37.1 Å². The van der Waals surface area contributed by atoms with Gasteiger partial charge in [0.15, 0.2) is 5.82 Å². The Morgan fingerprint density at radius 1 is 1.25 bits per heavy atom. The molecule has 24 heavy (non-hydrogen) atoms. The van der Waals surface area contributed by atoms with E-state index in [1.54, 1.807) is 0 Å². The van der Waals surface area contributed by atoms with Crippen molar-refractivity contribution in [2.75, 3.05) is 6.54 Å². The van der Waals surface area contributed by atoms with Crippen LogP contribution in [0.1, 0.15) is 54.7 Å². The van der Waals surface area contributed by atoms with Crippen molar-refractivity contribution in [3.05, 3.63) is 47.7 Å². The normalized spacial score (nSPS) is 17.5. The molecule has 1 aromatic carbocycles. The highest BCUT2D eigenvalue weighted by Crippen LogP contribution is 2.29. The molecule has 1 N–H and O–H groups in total. The minimum absolute atomic E-state index is 0.0379. The first-order chi connectivity index (χ1) is 11.6. The molecule has 1 aliphatic heterocycles. The van der Waals surface area contributed by atoms with Gasteiger partial charge in [-0.2, -0.15) is 0 Å². The molecule has 0 saturated carbocycles. The molecular weight excluding hydrogens is 302 g/mol. The predicted octanol–water partition coefficient (Wildman–Crippen LogP) is 3.10. The van der Waals surface area contributed by atoms with Crippen LogP contribution >= 0.6 is 0 Å². The zero-order valence-corrected chi connectivity index (χ0v) is 14.2. The summed E-state index contributed by atoms with van der Waals surface area (Å²) >= 11 is 0. The van der Waals surface area contributed by atoms with Crippen LogP contribution in [0, 0.1) is 0 Å². The molecule has 0 radical (unpaired) electrons. The van der Waals surface area contributed by atoms with E-state index in [-0.39, 0.29) is 11.9 Å². The third kappa shape index (κ3) is 2.13. The van der Waals surface area contributed by atoms with E-state index in [4.69, 9.17) is 0 Å². The van der Waals surface area contributed by atoms with Crippen molar-refractivity contribution in [3.8, 4) is 0 Å². The van der Waals surface area contributed by atoms with Gasteiger partial charge in [-0.25, -0.2) is 0 Å². The van der Waals surface area contributed by atoms with Crippen molar-refractivity contribution in [1.29, 1.82) is 0 Å². The molecule has 1 unspecified atom stereocenters. The molecular formula is C18H21N5O. The summed E-state index contributed by atoms with van der Waals surface area (Å²) in [5.74, 6) is 2.23. The molecule has 1 aliphatic rings. The number of para-hydroxylation sites is 1. The maximum atomic E-state index is 13.1. The van der Waals surface area contributed by atoms with E-state index in [1.165, 1.54) is 0 Å². The lowest BCUT2D eigenvalue weighted by molar-refractivity contribution is 0.0638. The van der Waals surface area contributed by atoms with Crippen molar-refractivity contribution in [2.45, 2.75) is 39.3 Å². The quantitative estimate of drug-likeness (QED) is 0.788. The summed E-state index contributed by atoms with van der Waals surface area (Å²) in [6.07, 6.45) is 1.87. The summed E-state index contributed by atoms with van der Waals surface area (Å²) < 4.78 is 2.16. The summed E-state index contributed by atoms with van der Waals surface area (Å²) in [5.41, 5.74) is 1.60. The number of amides is 1. The lowest BCUT2D eigenvalue weighted by Crippen LogP contribution is -2.41. The number of hydrogen-bond acceptors (Lipinski definition) is 3. The molecule has 124 valence electrons. The van der Waals surface area contributed by atoms with Crippen molar-refractivity contribution < 1.29 is 4.79 Å². The Labute approximate surface area is 140 Å². The van der Waals surface area contributed by atoms with Gasteiger partial charge in [-0.05, 0) is 19.1 Å². The zero-order chi connectivity index (χ0) is 16.8. The van der Waals surface area contributed by atoms with Crippen LogP contribution in [0.2, 0.25) is 0 Å². The Balaban J connectivity index is 1.70. The number of rotatable bonds is 2. The summed E-state index contributed by atoms with van der Waals surface area (Å²) in [6, 6.07) is 7.71. The molecule has 0 aliphatic carbocycles. The van der Waals surface area contributed by atoms with Gasteiger partial charge in [-0.15, -0.1) is 10.2 Å². The first-order valence-electron chi connectivity index (χ1n) is 8.38. The van der Waals surface area contributed by atoms with Crippen molar-refractivity contribution in [2.24, 2.45) is 0 Å². The van der Waals surface area contributed by atoms with E-state index in [1.807, 2.05) is 42.3 Å². The van der Waals surface area contributed by atoms with Gasteiger partial charge in [0.25, 0.3) is 5.91 Å². The Morgan fingerprint density at radius 3 is 2.88 bits per heavy atom. The molecule has 0 bridgehead atoms. The van der Waals surface area contributed by atoms with Gasteiger partial charge < -0.3 is 14.5 Å². The SMILES string of the molecule is CC(C)c1nnc2n1CCN(C(=O)c1cccc3cc[nH]c13)C2C. The number of aromatic nitrogens is 4.